The molecule has 1 aromatic rings. The number of rotatable bonds is 6. The predicted molar refractivity (Wildman–Crippen MR) is 92.7 cm³/mol. The van der Waals surface area contributed by atoms with Crippen LogP contribution in [0.25, 0.3) is 0 Å². The third kappa shape index (κ3) is 3.28. The van der Waals surface area contributed by atoms with E-state index in [0.717, 1.165) is 17.9 Å². The fraction of sp³-hybridized carbons (Fsp3) is 0.556. The second-order valence-electron chi connectivity index (χ2n) is 6.23. The molecule has 2 aliphatic rings. The number of hydrogen-bond acceptors (Lipinski definition) is 5. The van der Waals surface area contributed by atoms with Crippen LogP contribution in [0.2, 0.25) is 0 Å². The summed E-state index contributed by atoms with van der Waals surface area (Å²) in [5, 5.41) is 0. The lowest BCUT2D eigenvalue weighted by atomic mass is 10.1. The maximum absolute atomic E-state index is 12.4. The number of likely N-dealkylation sites (N-methyl/N-ethyl adjacent to an activating group) is 1. The summed E-state index contributed by atoms with van der Waals surface area (Å²) in [5.41, 5.74) is 1.10. The number of nitrogens with zero attached hydrogens (tertiary/aromatic N) is 3. The summed E-state index contributed by atoms with van der Waals surface area (Å²) >= 11 is 0. The van der Waals surface area contributed by atoms with E-state index in [0.29, 0.717) is 38.5 Å². The van der Waals surface area contributed by atoms with Gasteiger partial charge >= 0.3 is 6.03 Å². The number of benzene rings is 1. The topological polar surface area (TPSA) is 62.3 Å². The zero-order valence-corrected chi connectivity index (χ0v) is 15.0. The van der Waals surface area contributed by atoms with Gasteiger partial charge in [0, 0.05) is 32.7 Å². The van der Waals surface area contributed by atoms with Crippen LogP contribution in [0.5, 0.6) is 11.5 Å². The van der Waals surface area contributed by atoms with Gasteiger partial charge in [0.2, 0.25) is 0 Å². The molecule has 1 aromatic carbocycles. The molecule has 0 spiro atoms. The van der Waals surface area contributed by atoms with Crippen LogP contribution in [0.4, 0.5) is 4.79 Å². The highest BCUT2D eigenvalue weighted by Crippen LogP contribution is 2.29. The van der Waals surface area contributed by atoms with Gasteiger partial charge in [0.05, 0.1) is 13.7 Å². The minimum atomic E-state index is -0.356. The van der Waals surface area contributed by atoms with Crippen LogP contribution in [-0.2, 0) is 11.3 Å². The summed E-state index contributed by atoms with van der Waals surface area (Å²) < 4.78 is 10.9. The number of carbonyl (C=O) groups is 2. The van der Waals surface area contributed by atoms with Gasteiger partial charge in [0.15, 0.2) is 11.5 Å². The lowest BCUT2D eigenvalue weighted by Crippen LogP contribution is -2.52. The van der Waals surface area contributed by atoms with Crippen molar-refractivity contribution in [3.05, 3.63) is 23.8 Å². The standard InChI is InChI=1S/C18H25N3O4/c1-4-20-17(22)14-12-19(8-9-21(14)18(20)23)11-13-6-7-15(24-3)16(10-13)25-5-2/h6-7,10,14H,4-5,8-9,11-12H2,1-3H3. The van der Waals surface area contributed by atoms with Crippen LogP contribution in [0.15, 0.2) is 18.2 Å². The van der Waals surface area contributed by atoms with Crippen molar-refractivity contribution in [3.8, 4) is 11.5 Å². The molecule has 0 radical (unpaired) electrons. The molecule has 7 heteroatoms. The number of hydrogen-bond donors (Lipinski definition) is 0. The number of imide groups is 1. The highest BCUT2D eigenvalue weighted by Gasteiger charge is 2.46. The van der Waals surface area contributed by atoms with Gasteiger partial charge in [-0.25, -0.2) is 4.79 Å². The Morgan fingerprint density at radius 3 is 2.64 bits per heavy atom. The molecule has 1 unspecified atom stereocenters. The van der Waals surface area contributed by atoms with Crippen LogP contribution in [0, 0.1) is 0 Å². The van der Waals surface area contributed by atoms with Gasteiger partial charge in [0.1, 0.15) is 6.04 Å². The molecular formula is C18H25N3O4. The number of carbonyl (C=O) groups excluding carboxylic acids is 2. The zero-order chi connectivity index (χ0) is 18.0. The Bertz CT molecular complexity index is 664. The second kappa shape index (κ2) is 7.31. The van der Waals surface area contributed by atoms with Gasteiger partial charge in [0.25, 0.3) is 5.91 Å². The third-order valence-electron chi connectivity index (χ3n) is 4.74. The molecule has 3 rings (SSSR count). The maximum Gasteiger partial charge on any atom is 0.327 e. The van der Waals surface area contributed by atoms with Crippen molar-refractivity contribution in [2.75, 3.05) is 39.9 Å². The number of ether oxygens (including phenoxy) is 2. The number of urea groups is 1. The number of amides is 3. The molecule has 2 aliphatic heterocycles. The van der Waals surface area contributed by atoms with Crippen molar-refractivity contribution < 1.29 is 19.1 Å². The summed E-state index contributed by atoms with van der Waals surface area (Å²) in [6, 6.07) is 5.38. The highest BCUT2D eigenvalue weighted by atomic mass is 16.5. The van der Waals surface area contributed by atoms with Gasteiger partial charge in [-0.15, -0.1) is 0 Å². The van der Waals surface area contributed by atoms with Crippen LogP contribution < -0.4 is 9.47 Å². The van der Waals surface area contributed by atoms with Crippen LogP contribution in [0.1, 0.15) is 19.4 Å². The Morgan fingerprint density at radius 2 is 1.96 bits per heavy atom. The summed E-state index contributed by atoms with van der Waals surface area (Å²) in [6.45, 7) is 7.39. The quantitative estimate of drug-likeness (QED) is 0.731. The van der Waals surface area contributed by atoms with Gasteiger partial charge in [-0.05, 0) is 31.5 Å². The van der Waals surface area contributed by atoms with Crippen molar-refractivity contribution in [3.63, 3.8) is 0 Å². The Morgan fingerprint density at radius 1 is 1.16 bits per heavy atom. The first-order valence-electron chi connectivity index (χ1n) is 8.73. The molecule has 136 valence electrons. The van der Waals surface area contributed by atoms with E-state index in [1.54, 1.807) is 12.0 Å². The first-order chi connectivity index (χ1) is 12.1. The lowest BCUT2D eigenvalue weighted by molar-refractivity contribution is -0.129. The lowest BCUT2D eigenvalue weighted by Gasteiger charge is -2.35. The molecule has 0 N–H and O–H groups in total. The predicted octanol–water partition coefficient (Wildman–Crippen LogP) is 1.56. The molecule has 1 atom stereocenters. The first-order valence-corrected chi connectivity index (χ1v) is 8.73. The SMILES string of the molecule is CCOc1cc(CN2CCN3C(=O)N(CC)C(=O)C3C2)ccc1OC. The minimum Gasteiger partial charge on any atom is -0.493 e. The second-order valence-corrected chi connectivity index (χ2v) is 6.23. The molecule has 25 heavy (non-hydrogen) atoms. The summed E-state index contributed by atoms with van der Waals surface area (Å²) in [4.78, 5) is 29.9. The molecule has 0 saturated carbocycles. The van der Waals surface area contributed by atoms with Gasteiger partial charge in [-0.3, -0.25) is 14.6 Å². The average molecular weight is 347 g/mol. The molecule has 2 saturated heterocycles. The summed E-state index contributed by atoms with van der Waals surface area (Å²) in [6.07, 6.45) is 0. The zero-order valence-electron chi connectivity index (χ0n) is 15.0. The van der Waals surface area contributed by atoms with Gasteiger partial charge in [-0.2, -0.15) is 0 Å². The van der Waals surface area contributed by atoms with Crippen molar-refractivity contribution >= 4 is 11.9 Å². The monoisotopic (exact) mass is 347 g/mol. The van der Waals surface area contributed by atoms with Crippen LogP contribution in [-0.4, -0.2) is 72.6 Å². The molecule has 0 aliphatic carbocycles. The van der Waals surface area contributed by atoms with E-state index in [1.807, 2.05) is 32.0 Å². The van der Waals surface area contributed by atoms with E-state index in [9.17, 15) is 9.59 Å². The summed E-state index contributed by atoms with van der Waals surface area (Å²) in [5.74, 6) is 1.36. The van der Waals surface area contributed by atoms with E-state index >= 15 is 0 Å². The van der Waals surface area contributed by atoms with Crippen molar-refractivity contribution in [2.45, 2.75) is 26.4 Å². The van der Waals surface area contributed by atoms with E-state index in [2.05, 4.69) is 4.90 Å². The number of piperazine rings is 1. The number of fused-ring (bicyclic) bond motifs is 1. The van der Waals surface area contributed by atoms with E-state index in [1.165, 1.54) is 4.90 Å². The van der Waals surface area contributed by atoms with E-state index in [-0.39, 0.29) is 18.0 Å². The first kappa shape index (κ1) is 17.5. The highest BCUT2D eigenvalue weighted by molar-refractivity contribution is 6.04. The molecule has 0 bridgehead atoms. The average Bonchev–Trinajstić information content (AvgIpc) is 2.85. The van der Waals surface area contributed by atoms with Gasteiger partial charge in [-0.1, -0.05) is 6.07 Å². The third-order valence-corrected chi connectivity index (χ3v) is 4.74. The smallest absolute Gasteiger partial charge is 0.327 e. The van der Waals surface area contributed by atoms with Crippen LogP contribution >= 0.6 is 0 Å². The molecule has 3 amide bonds. The Hall–Kier alpha value is -2.28. The molecular weight excluding hydrogens is 322 g/mol. The summed E-state index contributed by atoms with van der Waals surface area (Å²) in [7, 11) is 1.62. The Labute approximate surface area is 148 Å². The molecule has 2 heterocycles. The molecule has 2 fully saturated rings. The van der Waals surface area contributed by atoms with E-state index < -0.39 is 0 Å². The Balaban J connectivity index is 1.70. The minimum absolute atomic E-state index is 0.0815. The Kier molecular flexibility index (Phi) is 5.13. The van der Waals surface area contributed by atoms with Crippen LogP contribution in [0.3, 0.4) is 0 Å². The largest absolute Gasteiger partial charge is 0.493 e. The van der Waals surface area contributed by atoms with Crippen molar-refractivity contribution in [1.29, 1.82) is 0 Å². The fourth-order valence-corrected chi connectivity index (χ4v) is 3.49. The van der Waals surface area contributed by atoms with Crippen molar-refractivity contribution in [1.82, 2.24) is 14.7 Å². The maximum atomic E-state index is 12.4. The molecule has 0 aromatic heterocycles. The fourth-order valence-electron chi connectivity index (χ4n) is 3.49. The molecule has 7 nitrogen and oxygen atoms in total. The van der Waals surface area contributed by atoms with Crippen molar-refractivity contribution in [2.24, 2.45) is 0 Å². The number of methoxy groups -OCH3 is 1. The normalized spacial score (nSPS) is 20.8. The van der Waals surface area contributed by atoms with Gasteiger partial charge < -0.3 is 14.4 Å². The van der Waals surface area contributed by atoms with E-state index in [4.69, 9.17) is 9.47 Å².